The van der Waals surface area contributed by atoms with E-state index in [4.69, 9.17) is 5.21 Å². The first-order valence-corrected chi connectivity index (χ1v) is 5.52. The summed E-state index contributed by atoms with van der Waals surface area (Å²) in [7, 11) is 0. The molecule has 0 saturated heterocycles. The van der Waals surface area contributed by atoms with Crippen LogP contribution in [0.15, 0.2) is 0 Å². The maximum Gasteiger partial charge on any atom is 0.244 e. The summed E-state index contributed by atoms with van der Waals surface area (Å²) in [5, 5.41) is 8.25. The van der Waals surface area contributed by atoms with E-state index < -0.39 is 0 Å². The number of nitrogens with one attached hydrogen (secondary N) is 1. The Balaban J connectivity index is 3.32. The fraction of sp³-hybridized carbons (Fsp3) is 0.875. The SMILES string of the molecule is CCCCCC(I)CC(=O)NO. The normalized spacial score (nSPS) is 12.6. The van der Waals surface area contributed by atoms with Gasteiger partial charge in [0, 0.05) is 10.3 Å². The molecule has 0 spiro atoms. The summed E-state index contributed by atoms with van der Waals surface area (Å²) >= 11 is 2.25. The lowest BCUT2D eigenvalue weighted by molar-refractivity contribution is -0.129. The molecule has 0 radical (unpaired) electrons. The Labute approximate surface area is 87.0 Å². The lowest BCUT2D eigenvalue weighted by atomic mass is 10.1. The molecule has 0 rings (SSSR count). The average Bonchev–Trinajstić information content (AvgIpc) is 2.05. The van der Waals surface area contributed by atoms with Crippen LogP contribution in [-0.2, 0) is 4.79 Å². The number of alkyl halides is 1. The number of unbranched alkanes of at least 4 members (excludes halogenated alkanes) is 2. The molecular weight excluding hydrogens is 269 g/mol. The van der Waals surface area contributed by atoms with Crippen molar-refractivity contribution >= 4 is 28.5 Å². The second kappa shape index (κ2) is 7.79. The Hall–Kier alpha value is 0.160. The topological polar surface area (TPSA) is 49.3 Å². The van der Waals surface area contributed by atoms with Crippen LogP contribution in [-0.4, -0.2) is 15.0 Å². The summed E-state index contributed by atoms with van der Waals surface area (Å²) in [6, 6.07) is 0. The lowest BCUT2D eigenvalue weighted by Gasteiger charge is -2.06. The van der Waals surface area contributed by atoms with Gasteiger partial charge in [0.1, 0.15) is 0 Å². The predicted molar refractivity (Wildman–Crippen MR) is 56.5 cm³/mol. The number of carbonyl (C=O) groups is 1. The highest BCUT2D eigenvalue weighted by Gasteiger charge is 2.08. The third-order valence-corrected chi connectivity index (χ3v) is 2.72. The minimum absolute atomic E-state index is 0.286. The van der Waals surface area contributed by atoms with Crippen molar-refractivity contribution in [3.8, 4) is 0 Å². The highest BCUT2D eigenvalue weighted by Crippen LogP contribution is 2.14. The van der Waals surface area contributed by atoms with Crippen LogP contribution in [0.4, 0.5) is 0 Å². The van der Waals surface area contributed by atoms with Gasteiger partial charge in [0.05, 0.1) is 0 Å². The molecule has 0 aliphatic carbocycles. The van der Waals surface area contributed by atoms with E-state index in [2.05, 4.69) is 29.5 Å². The zero-order valence-electron chi connectivity index (χ0n) is 7.35. The Morgan fingerprint density at radius 1 is 1.58 bits per heavy atom. The standard InChI is InChI=1S/C8H16INO2/c1-2-3-4-5-7(9)6-8(11)10-12/h7,12H,2-6H2,1H3,(H,10,11). The first kappa shape index (κ1) is 12.2. The van der Waals surface area contributed by atoms with Crippen LogP contribution in [0.3, 0.4) is 0 Å². The van der Waals surface area contributed by atoms with E-state index in [0.29, 0.717) is 10.3 Å². The van der Waals surface area contributed by atoms with Crippen LogP contribution in [0, 0.1) is 0 Å². The van der Waals surface area contributed by atoms with Crippen molar-refractivity contribution in [2.24, 2.45) is 0 Å². The molecule has 0 aliphatic rings. The monoisotopic (exact) mass is 285 g/mol. The van der Waals surface area contributed by atoms with E-state index in [-0.39, 0.29) is 5.91 Å². The maximum absolute atomic E-state index is 10.7. The molecule has 0 fully saturated rings. The molecular formula is C8H16INO2. The van der Waals surface area contributed by atoms with E-state index in [1.807, 2.05) is 0 Å². The van der Waals surface area contributed by atoms with Crippen molar-refractivity contribution in [3.63, 3.8) is 0 Å². The Kier molecular flexibility index (Phi) is 7.89. The number of hydrogen-bond acceptors (Lipinski definition) is 2. The quantitative estimate of drug-likeness (QED) is 0.258. The molecule has 4 heteroatoms. The average molecular weight is 285 g/mol. The molecule has 0 bridgehead atoms. The van der Waals surface area contributed by atoms with Gasteiger partial charge >= 0.3 is 0 Å². The van der Waals surface area contributed by atoms with Gasteiger partial charge in [-0.2, -0.15) is 0 Å². The molecule has 1 amide bonds. The van der Waals surface area contributed by atoms with Gasteiger partial charge in [0.25, 0.3) is 0 Å². The summed E-state index contributed by atoms with van der Waals surface area (Å²) in [4.78, 5) is 10.7. The van der Waals surface area contributed by atoms with E-state index in [0.717, 1.165) is 6.42 Å². The molecule has 0 aromatic heterocycles. The molecule has 0 aliphatic heterocycles. The van der Waals surface area contributed by atoms with Crippen LogP contribution < -0.4 is 5.48 Å². The molecule has 0 aromatic rings. The summed E-state index contributed by atoms with van der Waals surface area (Å²) in [6.07, 6.45) is 5.07. The first-order valence-electron chi connectivity index (χ1n) is 4.27. The highest BCUT2D eigenvalue weighted by molar-refractivity contribution is 14.1. The van der Waals surface area contributed by atoms with Crippen LogP contribution in [0.25, 0.3) is 0 Å². The van der Waals surface area contributed by atoms with Crippen molar-refractivity contribution < 1.29 is 10.0 Å². The molecule has 12 heavy (non-hydrogen) atoms. The second-order valence-electron chi connectivity index (χ2n) is 2.83. The number of hydroxylamine groups is 1. The zero-order valence-corrected chi connectivity index (χ0v) is 9.50. The van der Waals surface area contributed by atoms with Crippen LogP contribution in [0.2, 0.25) is 0 Å². The van der Waals surface area contributed by atoms with Crippen molar-refractivity contribution in [3.05, 3.63) is 0 Å². The van der Waals surface area contributed by atoms with Gasteiger partial charge in [-0.3, -0.25) is 10.0 Å². The smallest absolute Gasteiger partial charge is 0.244 e. The van der Waals surface area contributed by atoms with Gasteiger partial charge in [-0.25, -0.2) is 5.48 Å². The predicted octanol–water partition coefficient (Wildman–Crippen LogP) is 2.27. The Morgan fingerprint density at radius 3 is 2.75 bits per heavy atom. The van der Waals surface area contributed by atoms with Crippen LogP contribution in [0.5, 0.6) is 0 Å². The fourth-order valence-corrected chi connectivity index (χ4v) is 1.81. The molecule has 1 atom stereocenters. The Bertz CT molecular complexity index is 130. The molecule has 72 valence electrons. The molecule has 3 nitrogen and oxygen atoms in total. The largest absolute Gasteiger partial charge is 0.289 e. The van der Waals surface area contributed by atoms with Crippen LogP contribution >= 0.6 is 22.6 Å². The minimum atomic E-state index is -0.286. The van der Waals surface area contributed by atoms with Crippen molar-refractivity contribution in [2.45, 2.75) is 43.0 Å². The van der Waals surface area contributed by atoms with E-state index in [9.17, 15) is 4.79 Å². The third-order valence-electron chi connectivity index (χ3n) is 1.65. The zero-order chi connectivity index (χ0) is 9.40. The second-order valence-corrected chi connectivity index (χ2v) is 4.59. The molecule has 0 heterocycles. The number of amides is 1. The summed E-state index contributed by atoms with van der Waals surface area (Å²) in [6.45, 7) is 2.16. The lowest BCUT2D eigenvalue weighted by Crippen LogP contribution is -2.21. The molecule has 1 unspecified atom stereocenters. The maximum atomic E-state index is 10.7. The summed E-state index contributed by atoms with van der Waals surface area (Å²) in [5.41, 5.74) is 1.64. The van der Waals surface area contributed by atoms with E-state index in [1.165, 1.54) is 19.3 Å². The number of hydrogen-bond donors (Lipinski definition) is 2. The number of rotatable bonds is 6. The summed E-state index contributed by atoms with van der Waals surface area (Å²) in [5.74, 6) is -0.286. The Morgan fingerprint density at radius 2 is 2.25 bits per heavy atom. The van der Waals surface area contributed by atoms with Gasteiger partial charge in [0.2, 0.25) is 5.91 Å². The molecule has 0 saturated carbocycles. The third kappa shape index (κ3) is 6.84. The van der Waals surface area contributed by atoms with Crippen LogP contribution in [0.1, 0.15) is 39.0 Å². The van der Waals surface area contributed by atoms with Crippen molar-refractivity contribution in [1.29, 1.82) is 0 Å². The van der Waals surface area contributed by atoms with E-state index in [1.54, 1.807) is 5.48 Å². The van der Waals surface area contributed by atoms with Gasteiger partial charge in [-0.1, -0.05) is 48.8 Å². The summed E-state index contributed by atoms with van der Waals surface area (Å²) < 4.78 is 0.348. The molecule has 2 N–H and O–H groups in total. The van der Waals surface area contributed by atoms with Crippen molar-refractivity contribution in [2.75, 3.05) is 0 Å². The number of halogens is 1. The van der Waals surface area contributed by atoms with Crippen molar-refractivity contribution in [1.82, 2.24) is 5.48 Å². The number of carbonyl (C=O) groups excluding carboxylic acids is 1. The van der Waals surface area contributed by atoms with Gasteiger partial charge in [-0.05, 0) is 6.42 Å². The fourth-order valence-electron chi connectivity index (χ4n) is 0.965. The van der Waals surface area contributed by atoms with Gasteiger partial charge in [-0.15, -0.1) is 0 Å². The van der Waals surface area contributed by atoms with Gasteiger partial charge < -0.3 is 0 Å². The highest BCUT2D eigenvalue weighted by atomic mass is 127. The minimum Gasteiger partial charge on any atom is -0.289 e. The first-order chi connectivity index (χ1) is 5.70. The van der Waals surface area contributed by atoms with E-state index >= 15 is 0 Å². The molecule has 0 aromatic carbocycles. The van der Waals surface area contributed by atoms with Gasteiger partial charge in [0.15, 0.2) is 0 Å².